The van der Waals surface area contributed by atoms with E-state index in [1.54, 1.807) is 19.1 Å². The Morgan fingerprint density at radius 3 is 2.58 bits per heavy atom. The molecule has 0 fully saturated rings. The number of quaternary nitrogens is 1. The third-order valence-corrected chi connectivity index (χ3v) is 8.38. The molecule has 0 saturated heterocycles. The number of thiazole rings is 1. The van der Waals surface area contributed by atoms with Crippen molar-refractivity contribution in [2.75, 3.05) is 12.3 Å². The summed E-state index contributed by atoms with van der Waals surface area (Å²) >= 11 is 1.25. The molecule has 0 spiro atoms. The van der Waals surface area contributed by atoms with Crippen molar-refractivity contribution >= 4 is 46.7 Å². The van der Waals surface area contributed by atoms with E-state index in [1.165, 1.54) is 23.5 Å². The van der Waals surface area contributed by atoms with Gasteiger partial charge in [-0.1, -0.05) is 29.5 Å². The highest BCUT2D eigenvalue weighted by Crippen LogP contribution is 2.41. The average molecular weight is 511 g/mol. The number of nitrogen functional groups attached to an aromatic ring is 1. The van der Waals surface area contributed by atoms with E-state index >= 15 is 0 Å². The topological polar surface area (TPSA) is 227 Å². The van der Waals surface area contributed by atoms with Crippen molar-refractivity contribution in [3.05, 3.63) is 30.3 Å². The number of hydrogen-bond donors (Lipinski definition) is 5. The Hall–Kier alpha value is -3.02. The fraction of sp³-hybridized carbons (Fsp3) is 0.176. The van der Waals surface area contributed by atoms with Gasteiger partial charge in [-0.3, -0.25) is 0 Å². The van der Waals surface area contributed by atoms with Crippen LogP contribution in [0.1, 0.15) is 6.92 Å². The maximum atomic E-state index is 13.1. The molecule has 0 aliphatic carbocycles. The number of aromatic amines is 1. The Bertz CT molecular complexity index is 1550. The van der Waals surface area contributed by atoms with Gasteiger partial charge < -0.3 is 11.5 Å². The number of primary sulfonamides is 1. The van der Waals surface area contributed by atoms with Crippen LogP contribution in [0.25, 0.3) is 32.7 Å². The van der Waals surface area contributed by atoms with Crippen LogP contribution >= 0.6 is 11.3 Å². The van der Waals surface area contributed by atoms with E-state index in [1.807, 2.05) is 6.07 Å². The summed E-state index contributed by atoms with van der Waals surface area (Å²) in [6.07, 6.45) is 0. The van der Waals surface area contributed by atoms with Crippen molar-refractivity contribution in [3.8, 4) is 22.5 Å². The number of sulfonamides is 2. The van der Waals surface area contributed by atoms with Crippen molar-refractivity contribution in [1.29, 1.82) is 0 Å². The fourth-order valence-corrected chi connectivity index (χ4v) is 6.98. The number of anilines is 1. The van der Waals surface area contributed by atoms with Crippen molar-refractivity contribution in [2.45, 2.75) is 22.8 Å². The molecule has 0 saturated carbocycles. The molecule has 2 heterocycles. The molecule has 4 rings (SSSR count). The van der Waals surface area contributed by atoms with Crippen LogP contribution < -0.4 is 21.3 Å². The summed E-state index contributed by atoms with van der Waals surface area (Å²) in [5.74, 6) is -0.156. The molecule has 9 N–H and O–H groups in total. The predicted octanol–water partition coefficient (Wildman–Crippen LogP) is -0.718. The van der Waals surface area contributed by atoms with E-state index in [2.05, 4.69) is 36.1 Å². The number of benzene rings is 2. The number of para-hydroxylation sites is 1. The molecular formula is C17H20N9O4S3+. The Balaban J connectivity index is 2.13. The lowest BCUT2D eigenvalue weighted by atomic mass is 9.98. The first kappa shape index (κ1) is 23.1. The van der Waals surface area contributed by atoms with E-state index in [0.717, 1.165) is 4.70 Å². The molecule has 0 aliphatic rings. The number of nitrogens with two attached hydrogens (primary N) is 2. The van der Waals surface area contributed by atoms with Crippen LogP contribution in [0.5, 0.6) is 0 Å². The molecule has 4 aromatic rings. The largest absolute Gasteiger partial charge is 0.375 e. The van der Waals surface area contributed by atoms with Gasteiger partial charge in [0, 0.05) is 5.56 Å². The molecule has 2 aromatic carbocycles. The van der Waals surface area contributed by atoms with Gasteiger partial charge in [-0.2, -0.15) is 5.21 Å². The monoisotopic (exact) mass is 510 g/mol. The summed E-state index contributed by atoms with van der Waals surface area (Å²) in [7, 11) is -8.90. The normalized spacial score (nSPS) is 13.4. The van der Waals surface area contributed by atoms with Gasteiger partial charge in [0.1, 0.15) is 9.79 Å². The summed E-state index contributed by atoms with van der Waals surface area (Å²) in [5, 5.41) is 19.4. The Kier molecular flexibility index (Phi) is 5.89. The summed E-state index contributed by atoms with van der Waals surface area (Å²) in [4.78, 5) is 3.13. The molecule has 16 heteroatoms. The number of tetrazole rings is 1. The van der Waals surface area contributed by atoms with E-state index in [-0.39, 0.29) is 17.9 Å². The number of fused-ring (bicyclic) bond motifs is 1. The van der Waals surface area contributed by atoms with Gasteiger partial charge in [0.25, 0.3) is 0 Å². The minimum Gasteiger partial charge on any atom is -0.375 e. The lowest BCUT2D eigenvalue weighted by Crippen LogP contribution is -2.59. The third kappa shape index (κ3) is 4.31. The van der Waals surface area contributed by atoms with Gasteiger partial charge in [-0.25, -0.2) is 31.7 Å². The molecular weight excluding hydrogens is 490 g/mol. The number of nitrogens with one attached hydrogen (secondary N) is 2. The van der Waals surface area contributed by atoms with Gasteiger partial charge in [0.05, 0.1) is 28.4 Å². The van der Waals surface area contributed by atoms with E-state index in [0.29, 0.717) is 21.8 Å². The molecule has 33 heavy (non-hydrogen) atoms. The fourth-order valence-electron chi connectivity index (χ4n) is 3.34. The van der Waals surface area contributed by atoms with Crippen LogP contribution in [0.3, 0.4) is 0 Å². The van der Waals surface area contributed by atoms with Gasteiger partial charge in [-0.15, -0.1) is 10.2 Å². The number of H-pyrrole nitrogens is 1. The number of rotatable bonds is 7. The summed E-state index contributed by atoms with van der Waals surface area (Å²) in [5.41, 5.74) is 10.7. The second-order valence-electron chi connectivity index (χ2n) is 7.11. The standard InChI is InChI=1S/C17H19N9O4S3/c1-8(7-18)24-33(29,30)12-6-5-9(10-3-2-4-11-14(10)21-17(19)31-11)13(15(12)32(20,27)28)16-22-25-26-23-16/h2-6,8,24H,7,18H2,1H3,(H2,19,21)(H2,20,27,28)(H,22,23,25,26)/p+1. The number of hydrogen-bond acceptors (Lipinski definition) is 10. The van der Waals surface area contributed by atoms with Gasteiger partial charge in [0.15, 0.2) is 5.13 Å². The molecule has 0 bridgehead atoms. The van der Waals surface area contributed by atoms with Crippen LogP contribution in [0.15, 0.2) is 40.1 Å². The van der Waals surface area contributed by atoms with Crippen LogP contribution in [-0.4, -0.2) is 55.0 Å². The van der Waals surface area contributed by atoms with Crippen LogP contribution in [0, 0.1) is 0 Å². The number of nitrogens with zero attached hydrogens (tertiary/aromatic N) is 4. The quantitative estimate of drug-likeness (QED) is 0.211. The van der Waals surface area contributed by atoms with E-state index in [4.69, 9.17) is 10.9 Å². The van der Waals surface area contributed by atoms with Crippen molar-refractivity contribution in [1.82, 2.24) is 30.3 Å². The molecule has 0 aliphatic heterocycles. The molecule has 2 aromatic heterocycles. The molecule has 1 unspecified atom stereocenters. The second kappa shape index (κ2) is 8.40. The first-order valence-corrected chi connectivity index (χ1v) is 13.3. The minimum absolute atomic E-state index is 0.129. The molecule has 13 nitrogen and oxygen atoms in total. The lowest BCUT2D eigenvalue weighted by Gasteiger charge is -2.18. The average Bonchev–Trinajstić information content (AvgIpc) is 3.40. The highest BCUT2D eigenvalue weighted by Gasteiger charge is 2.33. The van der Waals surface area contributed by atoms with Crippen molar-refractivity contribution < 1.29 is 22.6 Å². The highest BCUT2D eigenvalue weighted by molar-refractivity contribution is 7.92. The molecule has 0 radical (unpaired) electrons. The smallest absolute Gasteiger partial charge is 0.242 e. The Morgan fingerprint density at radius 2 is 1.94 bits per heavy atom. The number of aromatic nitrogens is 5. The van der Waals surface area contributed by atoms with Crippen molar-refractivity contribution in [3.63, 3.8) is 0 Å². The predicted molar refractivity (Wildman–Crippen MR) is 122 cm³/mol. The minimum atomic E-state index is -4.59. The van der Waals surface area contributed by atoms with E-state index < -0.39 is 35.9 Å². The maximum absolute atomic E-state index is 13.1. The Labute approximate surface area is 192 Å². The van der Waals surface area contributed by atoms with Gasteiger partial charge >= 0.3 is 0 Å². The highest BCUT2D eigenvalue weighted by atomic mass is 32.2. The van der Waals surface area contributed by atoms with Crippen LogP contribution in [0.2, 0.25) is 0 Å². The van der Waals surface area contributed by atoms with Crippen LogP contribution in [0.4, 0.5) is 5.13 Å². The SMILES string of the molecule is CC(C[NH3+])NS(=O)(=O)c1ccc(-c2cccc3sc(N)nc23)c(-c2nn[nH]n2)c1S(N)(=O)=O. The van der Waals surface area contributed by atoms with Crippen LogP contribution in [-0.2, 0) is 20.0 Å². The zero-order valence-electron chi connectivity index (χ0n) is 17.2. The lowest BCUT2D eigenvalue weighted by molar-refractivity contribution is -0.371. The second-order valence-corrected chi connectivity index (χ2v) is 11.4. The summed E-state index contributed by atoms with van der Waals surface area (Å²) < 4.78 is 54.9. The summed E-state index contributed by atoms with van der Waals surface area (Å²) in [6, 6.07) is 7.33. The van der Waals surface area contributed by atoms with Gasteiger partial charge in [-0.05, 0) is 29.8 Å². The first-order chi connectivity index (χ1) is 15.5. The molecule has 0 amide bonds. The zero-order valence-corrected chi connectivity index (χ0v) is 19.6. The van der Waals surface area contributed by atoms with Crippen molar-refractivity contribution in [2.24, 2.45) is 5.14 Å². The maximum Gasteiger partial charge on any atom is 0.242 e. The first-order valence-electron chi connectivity index (χ1n) is 9.43. The van der Waals surface area contributed by atoms with E-state index in [9.17, 15) is 16.8 Å². The molecule has 1 atom stereocenters. The van der Waals surface area contributed by atoms with Gasteiger partial charge in [0.2, 0.25) is 25.9 Å². The third-order valence-electron chi connectivity index (χ3n) is 4.78. The molecule has 174 valence electrons. The Morgan fingerprint density at radius 1 is 1.18 bits per heavy atom. The zero-order chi connectivity index (χ0) is 24.0. The summed E-state index contributed by atoms with van der Waals surface area (Å²) in [6.45, 7) is 1.84.